The highest BCUT2D eigenvalue weighted by atomic mass is 16.6. The molecule has 0 heterocycles. The molecule has 0 saturated carbocycles. The summed E-state index contributed by atoms with van der Waals surface area (Å²) in [6.45, 7) is 6.40. The van der Waals surface area contributed by atoms with E-state index in [0.717, 1.165) is 116 Å². The van der Waals surface area contributed by atoms with Crippen LogP contribution in [-0.2, 0) is 28.6 Å². The maximum absolute atomic E-state index is 12.8. The molecule has 0 aromatic rings. The summed E-state index contributed by atoms with van der Waals surface area (Å²) in [5.74, 6) is -1.01. The largest absolute Gasteiger partial charge is 0.462 e. The van der Waals surface area contributed by atoms with Crippen molar-refractivity contribution in [2.24, 2.45) is 0 Å². The van der Waals surface area contributed by atoms with E-state index in [1.165, 1.54) is 64.2 Å². The lowest BCUT2D eigenvalue weighted by atomic mass is 10.1. The van der Waals surface area contributed by atoms with Gasteiger partial charge in [-0.1, -0.05) is 214 Å². The third-order valence-electron chi connectivity index (χ3n) is 10.8. The number of carbonyl (C=O) groups excluding carboxylic acids is 3. The van der Waals surface area contributed by atoms with Crippen LogP contribution in [0.1, 0.15) is 226 Å². The van der Waals surface area contributed by atoms with Crippen LogP contribution >= 0.6 is 0 Å². The highest BCUT2D eigenvalue weighted by molar-refractivity contribution is 5.71. The summed E-state index contributed by atoms with van der Waals surface area (Å²) >= 11 is 0. The van der Waals surface area contributed by atoms with E-state index in [0.29, 0.717) is 19.3 Å². The quantitative estimate of drug-likeness (QED) is 0.0199. The minimum Gasteiger partial charge on any atom is -0.462 e. The lowest BCUT2D eigenvalue weighted by molar-refractivity contribution is -0.167. The number of carbonyl (C=O) groups is 3. The average molecular weight is 901 g/mol. The standard InChI is InChI=1S/C59H96O6/c1-4-7-10-13-16-19-22-25-27-29-31-32-34-37-40-43-46-49-52-58(61)64-55-56(54-63-57(60)51-48-45-42-39-36-24-21-18-15-12-9-6-3)65-59(62)53-50-47-44-41-38-35-33-30-28-26-23-20-17-14-11-8-5-2/h9,12,16,18-19,21-22,25-29,31-33,35,41,44,56H,4-8,10-11,13-15,17,20,23-24,30,34,36-40,42-43,45-55H2,1-3H3/b12-9-,19-16-,21-18-,25-22-,28-26-,29-27-,32-31-,35-33-,44-41-. The smallest absolute Gasteiger partial charge is 0.306 e. The molecule has 0 aromatic heterocycles. The van der Waals surface area contributed by atoms with Gasteiger partial charge in [0.15, 0.2) is 6.10 Å². The van der Waals surface area contributed by atoms with Gasteiger partial charge in [-0.25, -0.2) is 0 Å². The van der Waals surface area contributed by atoms with Crippen molar-refractivity contribution in [1.82, 2.24) is 0 Å². The molecule has 0 N–H and O–H groups in total. The van der Waals surface area contributed by atoms with Crippen molar-refractivity contribution in [2.45, 2.75) is 232 Å². The highest BCUT2D eigenvalue weighted by Crippen LogP contribution is 2.12. The van der Waals surface area contributed by atoms with E-state index in [4.69, 9.17) is 14.2 Å². The Morgan fingerprint density at radius 3 is 1.15 bits per heavy atom. The van der Waals surface area contributed by atoms with Gasteiger partial charge in [-0.3, -0.25) is 14.4 Å². The fourth-order valence-corrected chi connectivity index (χ4v) is 6.86. The molecule has 0 aromatic carbocycles. The van der Waals surface area contributed by atoms with Crippen molar-refractivity contribution in [3.05, 3.63) is 109 Å². The Morgan fingerprint density at radius 1 is 0.338 bits per heavy atom. The van der Waals surface area contributed by atoms with Gasteiger partial charge in [-0.15, -0.1) is 0 Å². The molecule has 1 atom stereocenters. The Bertz CT molecular complexity index is 1360. The molecule has 0 rings (SSSR count). The molecule has 0 radical (unpaired) electrons. The number of rotatable bonds is 46. The first-order chi connectivity index (χ1) is 32.0. The molecule has 65 heavy (non-hydrogen) atoms. The third-order valence-corrected chi connectivity index (χ3v) is 10.8. The summed E-state index contributed by atoms with van der Waals surface area (Å²) in [6, 6.07) is 0. The van der Waals surface area contributed by atoms with Crippen LogP contribution < -0.4 is 0 Å². The van der Waals surface area contributed by atoms with Gasteiger partial charge in [0.05, 0.1) is 0 Å². The summed E-state index contributed by atoms with van der Waals surface area (Å²) < 4.78 is 16.7. The van der Waals surface area contributed by atoms with E-state index in [1.54, 1.807) is 0 Å². The molecule has 6 nitrogen and oxygen atoms in total. The second-order valence-electron chi connectivity index (χ2n) is 17.1. The van der Waals surface area contributed by atoms with Crippen LogP contribution in [0.4, 0.5) is 0 Å². The Kier molecular flexibility index (Phi) is 49.5. The summed E-state index contributed by atoms with van der Waals surface area (Å²) in [5, 5.41) is 0. The molecule has 0 fully saturated rings. The zero-order chi connectivity index (χ0) is 47.2. The van der Waals surface area contributed by atoms with Crippen LogP contribution in [0.5, 0.6) is 0 Å². The number of allylic oxidation sites excluding steroid dienone is 18. The lowest BCUT2D eigenvalue weighted by Gasteiger charge is -2.18. The van der Waals surface area contributed by atoms with E-state index < -0.39 is 6.10 Å². The van der Waals surface area contributed by atoms with Crippen molar-refractivity contribution >= 4 is 17.9 Å². The Hall–Kier alpha value is -3.93. The van der Waals surface area contributed by atoms with E-state index in [1.807, 2.05) is 0 Å². The van der Waals surface area contributed by atoms with Crippen molar-refractivity contribution < 1.29 is 28.6 Å². The number of ether oxygens (including phenoxy) is 3. The van der Waals surface area contributed by atoms with Gasteiger partial charge in [0.1, 0.15) is 13.2 Å². The molecule has 6 heteroatoms. The molecule has 0 aliphatic rings. The van der Waals surface area contributed by atoms with Gasteiger partial charge in [-0.2, -0.15) is 0 Å². The first kappa shape index (κ1) is 61.1. The first-order valence-corrected chi connectivity index (χ1v) is 26.4. The van der Waals surface area contributed by atoms with Crippen LogP contribution in [0.2, 0.25) is 0 Å². The van der Waals surface area contributed by atoms with Crippen LogP contribution in [-0.4, -0.2) is 37.2 Å². The molecule has 0 spiro atoms. The first-order valence-electron chi connectivity index (χ1n) is 26.4. The molecule has 368 valence electrons. The van der Waals surface area contributed by atoms with E-state index in [9.17, 15) is 14.4 Å². The fourth-order valence-electron chi connectivity index (χ4n) is 6.86. The topological polar surface area (TPSA) is 78.9 Å². The molecule has 0 aliphatic heterocycles. The van der Waals surface area contributed by atoms with Gasteiger partial charge >= 0.3 is 17.9 Å². The minimum atomic E-state index is -0.822. The summed E-state index contributed by atoms with van der Waals surface area (Å²) in [4.78, 5) is 38.0. The Balaban J connectivity index is 4.54. The van der Waals surface area contributed by atoms with Crippen molar-refractivity contribution in [3.8, 4) is 0 Å². The van der Waals surface area contributed by atoms with E-state index in [-0.39, 0.29) is 37.5 Å². The van der Waals surface area contributed by atoms with Gasteiger partial charge in [0.2, 0.25) is 0 Å². The number of hydrogen-bond acceptors (Lipinski definition) is 6. The molecule has 0 saturated heterocycles. The van der Waals surface area contributed by atoms with Crippen LogP contribution in [0.15, 0.2) is 109 Å². The van der Waals surface area contributed by atoms with E-state index in [2.05, 4.69) is 130 Å². The number of unbranched alkanes of at least 4 members (excludes halogenated alkanes) is 20. The summed E-state index contributed by atoms with van der Waals surface area (Å²) in [7, 11) is 0. The second kappa shape index (κ2) is 52.7. The Labute approximate surface area is 400 Å². The molecule has 1 unspecified atom stereocenters. The summed E-state index contributed by atoms with van der Waals surface area (Å²) in [6.07, 6.45) is 70.7. The fraction of sp³-hybridized carbons (Fsp3) is 0.644. The predicted octanol–water partition coefficient (Wildman–Crippen LogP) is 17.5. The second-order valence-corrected chi connectivity index (χ2v) is 17.1. The maximum atomic E-state index is 12.8. The van der Waals surface area contributed by atoms with Gasteiger partial charge in [-0.05, 0) is 103 Å². The highest BCUT2D eigenvalue weighted by Gasteiger charge is 2.19. The van der Waals surface area contributed by atoms with Crippen LogP contribution in [0, 0.1) is 0 Å². The predicted molar refractivity (Wildman–Crippen MR) is 279 cm³/mol. The number of hydrogen-bond donors (Lipinski definition) is 0. The molecular formula is C59H96O6. The lowest BCUT2D eigenvalue weighted by Crippen LogP contribution is -2.30. The zero-order valence-electron chi connectivity index (χ0n) is 42.0. The van der Waals surface area contributed by atoms with Gasteiger partial charge in [0.25, 0.3) is 0 Å². The van der Waals surface area contributed by atoms with Gasteiger partial charge in [0, 0.05) is 19.3 Å². The average Bonchev–Trinajstić information content (AvgIpc) is 3.30. The number of esters is 3. The third kappa shape index (κ3) is 50.9. The molecule has 0 amide bonds. The van der Waals surface area contributed by atoms with Crippen LogP contribution in [0.25, 0.3) is 0 Å². The maximum Gasteiger partial charge on any atom is 0.306 e. The monoisotopic (exact) mass is 901 g/mol. The zero-order valence-corrected chi connectivity index (χ0v) is 42.0. The van der Waals surface area contributed by atoms with Crippen molar-refractivity contribution in [2.75, 3.05) is 13.2 Å². The van der Waals surface area contributed by atoms with Crippen molar-refractivity contribution in [3.63, 3.8) is 0 Å². The molecular weight excluding hydrogens is 805 g/mol. The Morgan fingerprint density at radius 2 is 0.677 bits per heavy atom. The van der Waals surface area contributed by atoms with Gasteiger partial charge < -0.3 is 14.2 Å². The summed E-state index contributed by atoms with van der Waals surface area (Å²) in [5.41, 5.74) is 0. The SMILES string of the molecule is CC/C=C\C/C=C\CCCCCCCC(=O)OCC(COC(=O)CCCCCCC\C=C/C=C\C=C/C=C\CCCCC)OC(=O)CCC/C=C\C/C=C\C/C=C\CCCCCCCC. The molecule has 0 aliphatic carbocycles. The normalized spacial score (nSPS) is 13.0. The van der Waals surface area contributed by atoms with E-state index >= 15 is 0 Å². The van der Waals surface area contributed by atoms with Crippen LogP contribution in [0.3, 0.4) is 0 Å². The molecule has 0 bridgehead atoms. The minimum absolute atomic E-state index is 0.115. The van der Waals surface area contributed by atoms with Crippen molar-refractivity contribution in [1.29, 1.82) is 0 Å².